The maximum atomic E-state index is 11.8. The summed E-state index contributed by atoms with van der Waals surface area (Å²) < 4.78 is 1.23. The highest BCUT2D eigenvalue weighted by Crippen LogP contribution is 2.30. The lowest BCUT2D eigenvalue weighted by Crippen LogP contribution is -2.43. The van der Waals surface area contributed by atoms with E-state index in [0.717, 1.165) is 0 Å². The van der Waals surface area contributed by atoms with Gasteiger partial charge in [-0.1, -0.05) is 6.07 Å². The second-order valence-corrected chi connectivity index (χ2v) is 5.73. The number of carbonyl (C=O) groups is 3. The lowest BCUT2D eigenvalue weighted by Gasteiger charge is -2.15. The van der Waals surface area contributed by atoms with Gasteiger partial charge in [0.2, 0.25) is 0 Å². The van der Waals surface area contributed by atoms with Crippen LogP contribution in [0.5, 0.6) is 0 Å². The van der Waals surface area contributed by atoms with Gasteiger partial charge in [0.1, 0.15) is 6.04 Å². The monoisotopic (exact) mass is 422 g/mol. The minimum absolute atomic E-state index is 0.199. The number of nitrogens with one attached hydrogen (secondary N) is 2. The molecule has 7 nitrogen and oxygen atoms in total. The number of hydrogen-bond donors (Lipinski definition) is 4. The molecule has 0 aliphatic heterocycles. The van der Waals surface area contributed by atoms with E-state index in [1.807, 2.05) is 0 Å². The van der Waals surface area contributed by atoms with Crippen LogP contribution in [0.1, 0.15) is 12.8 Å². The summed E-state index contributed by atoms with van der Waals surface area (Å²) in [5.41, 5.74) is 0.442. The number of urea groups is 1. The van der Waals surface area contributed by atoms with Gasteiger partial charge in [-0.3, -0.25) is 4.79 Å². The average molecular weight is 424 g/mol. The molecular formula is C12H12Br2N2O5. The summed E-state index contributed by atoms with van der Waals surface area (Å²) in [7, 11) is 0. The number of amides is 2. The lowest BCUT2D eigenvalue weighted by atomic mass is 10.1. The van der Waals surface area contributed by atoms with Gasteiger partial charge in [-0.15, -0.1) is 0 Å². The van der Waals surface area contributed by atoms with Crippen molar-refractivity contribution in [1.82, 2.24) is 5.32 Å². The van der Waals surface area contributed by atoms with Crippen LogP contribution in [0.2, 0.25) is 0 Å². The van der Waals surface area contributed by atoms with Gasteiger partial charge < -0.3 is 20.8 Å². The van der Waals surface area contributed by atoms with Gasteiger partial charge >= 0.3 is 18.0 Å². The van der Waals surface area contributed by atoms with Crippen molar-refractivity contribution in [3.05, 3.63) is 27.1 Å². The van der Waals surface area contributed by atoms with Gasteiger partial charge in [0, 0.05) is 15.4 Å². The van der Waals surface area contributed by atoms with Gasteiger partial charge in [0.15, 0.2) is 0 Å². The number of carboxylic acid groups (broad SMARTS) is 2. The van der Waals surface area contributed by atoms with Gasteiger partial charge in [0.05, 0.1) is 5.69 Å². The minimum atomic E-state index is -1.29. The van der Waals surface area contributed by atoms with Crippen LogP contribution < -0.4 is 10.6 Å². The van der Waals surface area contributed by atoms with E-state index in [0.29, 0.717) is 14.6 Å². The molecule has 0 heterocycles. The summed E-state index contributed by atoms with van der Waals surface area (Å²) in [6.45, 7) is 0. The van der Waals surface area contributed by atoms with Crippen molar-refractivity contribution >= 4 is 55.5 Å². The van der Waals surface area contributed by atoms with Crippen molar-refractivity contribution in [2.24, 2.45) is 0 Å². The van der Waals surface area contributed by atoms with E-state index in [-0.39, 0.29) is 12.8 Å². The van der Waals surface area contributed by atoms with E-state index in [2.05, 4.69) is 42.5 Å². The molecule has 0 spiro atoms. The third-order valence-electron chi connectivity index (χ3n) is 2.45. The van der Waals surface area contributed by atoms with Crippen molar-refractivity contribution in [3.63, 3.8) is 0 Å². The fourth-order valence-electron chi connectivity index (χ4n) is 1.45. The molecule has 1 atom stereocenters. The minimum Gasteiger partial charge on any atom is -0.481 e. The van der Waals surface area contributed by atoms with Gasteiger partial charge in [-0.2, -0.15) is 0 Å². The third kappa shape index (κ3) is 5.72. The Bertz CT molecular complexity index is 544. The summed E-state index contributed by atoms with van der Waals surface area (Å²) >= 11 is 6.51. The van der Waals surface area contributed by atoms with Crippen LogP contribution in [-0.4, -0.2) is 34.2 Å². The molecule has 21 heavy (non-hydrogen) atoms. The van der Waals surface area contributed by atoms with Crippen LogP contribution in [0.25, 0.3) is 0 Å². The Morgan fingerprint density at radius 3 is 2.19 bits per heavy atom. The fourth-order valence-corrected chi connectivity index (χ4v) is 2.65. The molecule has 0 saturated carbocycles. The molecule has 4 N–H and O–H groups in total. The molecule has 0 aromatic heterocycles. The number of para-hydroxylation sites is 1. The highest BCUT2D eigenvalue weighted by Gasteiger charge is 2.21. The van der Waals surface area contributed by atoms with Gasteiger partial charge in [-0.25, -0.2) is 9.59 Å². The van der Waals surface area contributed by atoms with Crippen molar-refractivity contribution in [2.45, 2.75) is 18.9 Å². The molecule has 9 heteroatoms. The van der Waals surface area contributed by atoms with E-state index in [9.17, 15) is 14.4 Å². The summed E-state index contributed by atoms with van der Waals surface area (Å²) in [4.78, 5) is 33.2. The third-order valence-corrected chi connectivity index (χ3v) is 3.77. The standard InChI is InChI=1S/C12H12Br2N2O5/c13-6-2-1-3-7(14)10(6)16-12(21)15-8(11(19)20)4-5-9(17)18/h1-3,8H,4-5H2,(H,17,18)(H,19,20)(H2,15,16,21). The molecule has 1 aromatic rings. The molecule has 0 bridgehead atoms. The first-order valence-electron chi connectivity index (χ1n) is 5.77. The molecule has 0 fully saturated rings. The van der Waals surface area contributed by atoms with E-state index >= 15 is 0 Å². The molecule has 1 aromatic carbocycles. The number of hydrogen-bond acceptors (Lipinski definition) is 3. The Kier molecular flexibility index (Phi) is 6.63. The molecule has 114 valence electrons. The lowest BCUT2D eigenvalue weighted by molar-refractivity contribution is -0.140. The van der Waals surface area contributed by atoms with E-state index in [1.54, 1.807) is 18.2 Å². The number of aliphatic carboxylic acids is 2. The quantitative estimate of drug-likeness (QED) is 0.561. The van der Waals surface area contributed by atoms with Crippen LogP contribution in [0.3, 0.4) is 0 Å². The van der Waals surface area contributed by atoms with Crippen molar-refractivity contribution in [1.29, 1.82) is 0 Å². The van der Waals surface area contributed by atoms with Crippen LogP contribution >= 0.6 is 31.9 Å². The Hall–Kier alpha value is -1.61. The number of carbonyl (C=O) groups excluding carboxylic acids is 1. The maximum Gasteiger partial charge on any atom is 0.326 e. The number of halogens is 2. The van der Waals surface area contributed by atoms with Crippen molar-refractivity contribution in [2.75, 3.05) is 5.32 Å². The summed E-state index contributed by atoms with van der Waals surface area (Å²) in [5, 5.41) is 22.2. The first-order valence-corrected chi connectivity index (χ1v) is 7.36. The molecule has 0 aliphatic rings. The van der Waals surface area contributed by atoms with E-state index in [1.165, 1.54) is 0 Å². The Morgan fingerprint density at radius 2 is 1.71 bits per heavy atom. The molecule has 2 amide bonds. The summed E-state index contributed by atoms with van der Waals surface area (Å²) in [6.07, 6.45) is -0.550. The predicted octanol–water partition coefficient (Wildman–Crippen LogP) is 2.65. The Labute approximate surface area is 137 Å². The van der Waals surface area contributed by atoms with Crippen LogP contribution in [0.4, 0.5) is 10.5 Å². The zero-order chi connectivity index (χ0) is 16.0. The normalized spacial score (nSPS) is 11.5. The molecule has 0 radical (unpaired) electrons. The number of anilines is 1. The van der Waals surface area contributed by atoms with Gasteiger partial charge in [0.25, 0.3) is 0 Å². The summed E-state index contributed by atoms with van der Waals surface area (Å²) in [6, 6.07) is 3.16. The van der Waals surface area contributed by atoms with Crippen LogP contribution in [-0.2, 0) is 9.59 Å². The first kappa shape index (κ1) is 17.4. The predicted molar refractivity (Wildman–Crippen MR) is 82.3 cm³/mol. The molecular weight excluding hydrogens is 412 g/mol. The highest BCUT2D eigenvalue weighted by molar-refractivity contribution is 9.11. The van der Waals surface area contributed by atoms with Crippen molar-refractivity contribution < 1.29 is 24.6 Å². The van der Waals surface area contributed by atoms with E-state index < -0.39 is 24.0 Å². The zero-order valence-electron chi connectivity index (χ0n) is 10.6. The fraction of sp³-hybridized carbons (Fsp3) is 0.250. The van der Waals surface area contributed by atoms with E-state index in [4.69, 9.17) is 10.2 Å². The Morgan fingerprint density at radius 1 is 1.14 bits per heavy atom. The second-order valence-electron chi connectivity index (χ2n) is 4.02. The molecule has 0 saturated heterocycles. The number of benzene rings is 1. The number of carboxylic acids is 2. The smallest absolute Gasteiger partial charge is 0.326 e. The molecule has 1 rings (SSSR count). The van der Waals surface area contributed by atoms with Crippen LogP contribution in [0.15, 0.2) is 27.1 Å². The number of rotatable bonds is 6. The average Bonchev–Trinajstić information content (AvgIpc) is 2.38. The van der Waals surface area contributed by atoms with Crippen molar-refractivity contribution in [3.8, 4) is 0 Å². The SMILES string of the molecule is O=C(O)CCC(NC(=O)Nc1c(Br)cccc1Br)C(=O)O. The highest BCUT2D eigenvalue weighted by atomic mass is 79.9. The summed E-state index contributed by atoms with van der Waals surface area (Å²) in [5.74, 6) is -2.42. The van der Waals surface area contributed by atoms with Crippen LogP contribution in [0, 0.1) is 0 Å². The first-order chi connectivity index (χ1) is 9.81. The molecule has 0 aliphatic carbocycles. The second kappa shape index (κ2) is 7.99. The topological polar surface area (TPSA) is 116 Å². The zero-order valence-corrected chi connectivity index (χ0v) is 13.8. The Balaban J connectivity index is 2.70. The maximum absolute atomic E-state index is 11.8. The molecule has 1 unspecified atom stereocenters. The largest absolute Gasteiger partial charge is 0.481 e. The van der Waals surface area contributed by atoms with Gasteiger partial charge in [-0.05, 0) is 50.4 Å².